The molecule has 4 aromatic rings. The van der Waals surface area contributed by atoms with Crippen molar-refractivity contribution in [1.29, 1.82) is 0 Å². The van der Waals surface area contributed by atoms with Gasteiger partial charge >= 0.3 is 0 Å². The minimum atomic E-state index is 0.247. The third-order valence-electron chi connectivity index (χ3n) is 3.18. The highest BCUT2D eigenvalue weighted by atomic mass is 16.5. The van der Waals surface area contributed by atoms with Crippen LogP contribution in [0.15, 0.2) is 36.9 Å². The van der Waals surface area contributed by atoms with Crippen LogP contribution in [0.5, 0.6) is 5.75 Å². The van der Waals surface area contributed by atoms with Gasteiger partial charge in [0.15, 0.2) is 17.1 Å². The van der Waals surface area contributed by atoms with Gasteiger partial charge in [0.05, 0.1) is 12.0 Å². The van der Waals surface area contributed by atoms with Gasteiger partial charge in [-0.2, -0.15) is 0 Å². The number of nitrogen functional groups attached to an aromatic ring is 1. The largest absolute Gasteiger partial charge is 0.483 e. The first-order valence-corrected chi connectivity index (χ1v) is 6.32. The van der Waals surface area contributed by atoms with E-state index in [1.165, 1.54) is 0 Å². The number of aromatic amines is 1. The SMILES string of the molecule is Nc1ccccc1OCc1nnc2c3[nH]cnc3ncn12. The maximum Gasteiger partial charge on any atom is 0.189 e. The van der Waals surface area contributed by atoms with Gasteiger partial charge in [0.2, 0.25) is 0 Å². The summed E-state index contributed by atoms with van der Waals surface area (Å²) in [7, 11) is 0. The van der Waals surface area contributed by atoms with Crippen LogP contribution in [-0.2, 0) is 6.61 Å². The fraction of sp³-hybridized carbons (Fsp3) is 0.0769. The van der Waals surface area contributed by atoms with Crippen LogP contribution in [0.4, 0.5) is 5.69 Å². The van der Waals surface area contributed by atoms with Crippen molar-refractivity contribution in [3.63, 3.8) is 0 Å². The molecule has 3 N–H and O–H groups in total. The Labute approximate surface area is 118 Å². The molecule has 104 valence electrons. The number of nitrogens with zero attached hydrogens (tertiary/aromatic N) is 5. The van der Waals surface area contributed by atoms with Gasteiger partial charge in [-0.25, -0.2) is 9.97 Å². The molecule has 0 saturated heterocycles. The molecule has 0 atom stereocenters. The third-order valence-corrected chi connectivity index (χ3v) is 3.18. The summed E-state index contributed by atoms with van der Waals surface area (Å²) in [5.41, 5.74) is 8.44. The monoisotopic (exact) mass is 281 g/mol. The van der Waals surface area contributed by atoms with Crippen molar-refractivity contribution in [2.75, 3.05) is 5.73 Å². The number of H-pyrrole nitrogens is 1. The van der Waals surface area contributed by atoms with E-state index in [0.717, 1.165) is 5.52 Å². The Bertz CT molecular complexity index is 926. The number of rotatable bonds is 3. The number of benzene rings is 1. The minimum absolute atomic E-state index is 0.247. The molecular weight excluding hydrogens is 270 g/mol. The van der Waals surface area contributed by atoms with Crippen molar-refractivity contribution in [3.05, 3.63) is 42.7 Å². The highest BCUT2D eigenvalue weighted by molar-refractivity contribution is 5.84. The van der Waals surface area contributed by atoms with Crippen molar-refractivity contribution in [1.82, 2.24) is 29.5 Å². The van der Waals surface area contributed by atoms with E-state index in [4.69, 9.17) is 10.5 Å². The van der Waals surface area contributed by atoms with E-state index in [0.29, 0.717) is 28.6 Å². The Morgan fingerprint density at radius 3 is 3.00 bits per heavy atom. The Balaban J connectivity index is 1.69. The van der Waals surface area contributed by atoms with Crippen LogP contribution in [0.2, 0.25) is 0 Å². The standard InChI is InChI=1S/C13H11N7O/c14-8-3-1-2-4-9(8)21-5-10-18-19-13-11-12(16-6-15-11)17-7-20(10)13/h1-4,6-7H,5,14H2,(H,15,16). The Kier molecular flexibility index (Phi) is 2.46. The van der Waals surface area contributed by atoms with Gasteiger partial charge in [0, 0.05) is 0 Å². The molecule has 0 aliphatic heterocycles. The van der Waals surface area contributed by atoms with Gasteiger partial charge in [-0.3, -0.25) is 4.40 Å². The van der Waals surface area contributed by atoms with Crippen molar-refractivity contribution in [2.24, 2.45) is 0 Å². The molecule has 0 aliphatic carbocycles. The Morgan fingerprint density at radius 1 is 1.19 bits per heavy atom. The number of aromatic nitrogens is 6. The van der Waals surface area contributed by atoms with E-state index in [1.807, 2.05) is 18.2 Å². The molecular formula is C13H11N7O. The van der Waals surface area contributed by atoms with Gasteiger partial charge in [-0.15, -0.1) is 10.2 Å². The average Bonchev–Trinajstić information content (AvgIpc) is 3.12. The lowest BCUT2D eigenvalue weighted by atomic mass is 10.3. The Morgan fingerprint density at radius 2 is 2.10 bits per heavy atom. The second kappa shape index (κ2) is 4.44. The molecule has 0 radical (unpaired) electrons. The molecule has 0 spiro atoms. The molecule has 0 amide bonds. The molecule has 8 nitrogen and oxygen atoms in total. The second-order valence-electron chi connectivity index (χ2n) is 4.48. The molecule has 0 bridgehead atoms. The van der Waals surface area contributed by atoms with Crippen LogP contribution in [0.25, 0.3) is 16.8 Å². The van der Waals surface area contributed by atoms with Crippen LogP contribution in [0.1, 0.15) is 5.82 Å². The van der Waals surface area contributed by atoms with E-state index in [-0.39, 0.29) is 6.61 Å². The molecule has 21 heavy (non-hydrogen) atoms. The minimum Gasteiger partial charge on any atom is -0.483 e. The highest BCUT2D eigenvalue weighted by Gasteiger charge is 2.11. The summed E-state index contributed by atoms with van der Waals surface area (Å²) in [5.74, 6) is 1.25. The first-order chi connectivity index (χ1) is 10.3. The first-order valence-electron chi connectivity index (χ1n) is 6.32. The van der Waals surface area contributed by atoms with Crippen LogP contribution in [0.3, 0.4) is 0 Å². The van der Waals surface area contributed by atoms with Gasteiger partial charge in [0.1, 0.15) is 24.2 Å². The fourth-order valence-electron chi connectivity index (χ4n) is 2.13. The summed E-state index contributed by atoms with van der Waals surface area (Å²) in [6, 6.07) is 7.31. The van der Waals surface area contributed by atoms with Crippen molar-refractivity contribution >= 4 is 22.5 Å². The van der Waals surface area contributed by atoms with Gasteiger partial charge in [0.25, 0.3) is 0 Å². The van der Waals surface area contributed by atoms with Crippen molar-refractivity contribution in [3.8, 4) is 5.75 Å². The topological polar surface area (TPSA) is 107 Å². The van der Waals surface area contributed by atoms with Crippen LogP contribution >= 0.6 is 0 Å². The van der Waals surface area contributed by atoms with Crippen molar-refractivity contribution in [2.45, 2.75) is 6.61 Å². The zero-order valence-electron chi connectivity index (χ0n) is 10.9. The zero-order valence-corrected chi connectivity index (χ0v) is 10.9. The van der Waals surface area contributed by atoms with E-state index >= 15 is 0 Å². The second-order valence-corrected chi connectivity index (χ2v) is 4.48. The summed E-state index contributed by atoms with van der Waals surface area (Å²) in [4.78, 5) is 11.3. The molecule has 8 heteroatoms. The van der Waals surface area contributed by atoms with E-state index in [1.54, 1.807) is 23.1 Å². The predicted octanol–water partition coefficient (Wildman–Crippen LogP) is 1.16. The molecule has 3 heterocycles. The van der Waals surface area contributed by atoms with Crippen LogP contribution in [0, 0.1) is 0 Å². The zero-order chi connectivity index (χ0) is 14.2. The molecule has 0 fully saturated rings. The highest BCUT2D eigenvalue weighted by Crippen LogP contribution is 2.21. The van der Waals surface area contributed by atoms with Gasteiger partial charge in [-0.05, 0) is 12.1 Å². The van der Waals surface area contributed by atoms with Crippen molar-refractivity contribution < 1.29 is 4.74 Å². The first kappa shape index (κ1) is 11.6. The molecule has 3 aromatic heterocycles. The smallest absolute Gasteiger partial charge is 0.189 e. The van der Waals surface area contributed by atoms with Crippen LogP contribution in [-0.4, -0.2) is 29.5 Å². The third kappa shape index (κ3) is 1.84. The van der Waals surface area contributed by atoms with E-state index in [9.17, 15) is 0 Å². The lowest BCUT2D eigenvalue weighted by Gasteiger charge is -2.07. The number of nitrogens with two attached hydrogens (primary N) is 1. The van der Waals surface area contributed by atoms with Crippen LogP contribution < -0.4 is 10.5 Å². The number of hydrogen-bond acceptors (Lipinski definition) is 6. The molecule has 4 rings (SSSR count). The predicted molar refractivity (Wildman–Crippen MR) is 75.6 cm³/mol. The maximum atomic E-state index is 5.84. The summed E-state index contributed by atoms with van der Waals surface area (Å²) < 4.78 is 7.44. The number of ether oxygens (including phenoxy) is 1. The molecule has 0 saturated carbocycles. The number of fused-ring (bicyclic) bond motifs is 3. The fourth-order valence-corrected chi connectivity index (χ4v) is 2.13. The summed E-state index contributed by atoms with van der Waals surface area (Å²) in [6.45, 7) is 0.247. The quantitative estimate of drug-likeness (QED) is 0.546. The van der Waals surface area contributed by atoms with E-state index in [2.05, 4.69) is 25.1 Å². The van der Waals surface area contributed by atoms with Gasteiger partial charge in [-0.1, -0.05) is 12.1 Å². The van der Waals surface area contributed by atoms with Gasteiger partial charge < -0.3 is 15.5 Å². The number of imidazole rings is 1. The lowest BCUT2D eigenvalue weighted by Crippen LogP contribution is -2.03. The molecule has 0 unspecified atom stereocenters. The molecule has 1 aromatic carbocycles. The number of nitrogens with one attached hydrogen (secondary N) is 1. The maximum absolute atomic E-state index is 5.84. The number of hydrogen-bond donors (Lipinski definition) is 2. The number of para-hydroxylation sites is 2. The molecule has 0 aliphatic rings. The summed E-state index contributed by atoms with van der Waals surface area (Å²) >= 11 is 0. The summed E-state index contributed by atoms with van der Waals surface area (Å²) in [5, 5.41) is 8.27. The average molecular weight is 281 g/mol. The number of anilines is 1. The normalized spacial score (nSPS) is 11.2. The summed E-state index contributed by atoms with van der Waals surface area (Å²) in [6.07, 6.45) is 3.21. The van der Waals surface area contributed by atoms with E-state index < -0.39 is 0 Å². The lowest BCUT2D eigenvalue weighted by molar-refractivity contribution is 0.296. The Hall–Kier alpha value is -3.16.